The molecule has 1 saturated carbocycles. The molecule has 0 heterocycles. The van der Waals surface area contributed by atoms with Crippen molar-refractivity contribution in [3.8, 4) is 11.5 Å². The van der Waals surface area contributed by atoms with Gasteiger partial charge in [0.15, 0.2) is 11.6 Å². The summed E-state index contributed by atoms with van der Waals surface area (Å²) in [4.78, 5) is 12.1. The third kappa shape index (κ3) is 3.71. The van der Waals surface area contributed by atoms with E-state index in [0.29, 0.717) is 17.9 Å². The number of hydrogen-bond donors (Lipinski definition) is 2. The molecule has 0 radical (unpaired) electrons. The zero-order valence-corrected chi connectivity index (χ0v) is 12.9. The standard InChI is InChI=1S/C18H17F2NO3/c19-13-3-6-16(15(20)9-13)24-14-4-1-12(2-5-14)17(23)21-10-18(11-22)7-8-18/h1-6,9,22H,7-8,10-11H2,(H,21,23). The number of hydrogen-bond acceptors (Lipinski definition) is 3. The molecule has 1 amide bonds. The zero-order chi connectivity index (χ0) is 17.2. The quantitative estimate of drug-likeness (QED) is 0.853. The fraction of sp³-hybridized carbons (Fsp3) is 0.278. The number of benzene rings is 2. The maximum Gasteiger partial charge on any atom is 0.251 e. The zero-order valence-electron chi connectivity index (χ0n) is 12.9. The van der Waals surface area contributed by atoms with Crippen LogP contribution in [0.5, 0.6) is 11.5 Å². The van der Waals surface area contributed by atoms with Crippen molar-refractivity contribution in [2.75, 3.05) is 13.2 Å². The van der Waals surface area contributed by atoms with Crippen LogP contribution in [0.2, 0.25) is 0 Å². The van der Waals surface area contributed by atoms with E-state index in [1.165, 1.54) is 18.2 Å². The first-order valence-electron chi connectivity index (χ1n) is 7.63. The molecule has 1 aliphatic rings. The van der Waals surface area contributed by atoms with Gasteiger partial charge in [-0.1, -0.05) is 0 Å². The number of halogens is 2. The van der Waals surface area contributed by atoms with Crippen molar-refractivity contribution in [2.45, 2.75) is 12.8 Å². The largest absolute Gasteiger partial charge is 0.454 e. The Morgan fingerprint density at radius 2 is 1.88 bits per heavy atom. The summed E-state index contributed by atoms with van der Waals surface area (Å²) in [7, 11) is 0. The topological polar surface area (TPSA) is 58.6 Å². The lowest BCUT2D eigenvalue weighted by Crippen LogP contribution is -2.31. The van der Waals surface area contributed by atoms with Crippen molar-refractivity contribution in [1.29, 1.82) is 0 Å². The highest BCUT2D eigenvalue weighted by atomic mass is 19.1. The Hall–Kier alpha value is -2.47. The summed E-state index contributed by atoms with van der Waals surface area (Å²) in [6, 6.07) is 9.25. The molecule has 0 bridgehead atoms. The molecule has 24 heavy (non-hydrogen) atoms. The molecule has 0 saturated heterocycles. The van der Waals surface area contributed by atoms with Gasteiger partial charge in [-0.2, -0.15) is 0 Å². The maximum absolute atomic E-state index is 13.5. The average molecular weight is 333 g/mol. The van der Waals surface area contributed by atoms with Gasteiger partial charge in [-0.3, -0.25) is 4.79 Å². The molecule has 2 aromatic rings. The highest BCUT2D eigenvalue weighted by molar-refractivity contribution is 5.94. The molecule has 3 rings (SSSR count). The molecule has 126 valence electrons. The van der Waals surface area contributed by atoms with Crippen molar-refractivity contribution in [3.63, 3.8) is 0 Å². The summed E-state index contributed by atoms with van der Waals surface area (Å²) in [6.45, 7) is 0.519. The number of ether oxygens (including phenoxy) is 1. The lowest BCUT2D eigenvalue weighted by molar-refractivity contribution is 0.0935. The summed E-state index contributed by atoms with van der Waals surface area (Å²) in [5, 5.41) is 12.0. The predicted octanol–water partition coefficient (Wildman–Crippen LogP) is 3.26. The van der Waals surface area contributed by atoms with Crippen LogP contribution in [0.3, 0.4) is 0 Å². The number of amides is 1. The van der Waals surface area contributed by atoms with E-state index in [-0.39, 0.29) is 23.7 Å². The van der Waals surface area contributed by atoms with Crippen molar-refractivity contribution in [2.24, 2.45) is 5.41 Å². The molecule has 0 aliphatic heterocycles. The number of rotatable bonds is 6. The van der Waals surface area contributed by atoms with Gasteiger partial charge in [0, 0.05) is 23.6 Å². The molecular formula is C18H17F2NO3. The summed E-state index contributed by atoms with van der Waals surface area (Å²) in [6.07, 6.45) is 1.83. The Balaban J connectivity index is 1.61. The lowest BCUT2D eigenvalue weighted by Gasteiger charge is -2.13. The minimum Gasteiger partial charge on any atom is -0.454 e. The minimum atomic E-state index is -0.796. The first-order chi connectivity index (χ1) is 11.5. The number of nitrogens with one attached hydrogen (secondary N) is 1. The third-order valence-electron chi connectivity index (χ3n) is 4.15. The van der Waals surface area contributed by atoms with Crippen LogP contribution >= 0.6 is 0 Å². The molecule has 4 nitrogen and oxygen atoms in total. The second-order valence-corrected chi connectivity index (χ2v) is 6.04. The van der Waals surface area contributed by atoms with Crippen LogP contribution in [0.4, 0.5) is 8.78 Å². The predicted molar refractivity (Wildman–Crippen MR) is 84.0 cm³/mol. The maximum atomic E-state index is 13.5. The van der Waals surface area contributed by atoms with Crippen LogP contribution in [-0.2, 0) is 0 Å². The van der Waals surface area contributed by atoms with E-state index in [1.807, 2.05) is 0 Å². The van der Waals surface area contributed by atoms with Crippen LogP contribution in [0.1, 0.15) is 23.2 Å². The molecule has 0 aromatic heterocycles. The summed E-state index contributed by atoms with van der Waals surface area (Å²) >= 11 is 0. The van der Waals surface area contributed by atoms with Crippen LogP contribution < -0.4 is 10.1 Å². The number of aliphatic hydroxyl groups excluding tert-OH is 1. The normalized spacial score (nSPS) is 15.0. The van der Waals surface area contributed by atoms with E-state index < -0.39 is 11.6 Å². The Bertz CT molecular complexity index is 742. The number of carbonyl (C=O) groups excluding carboxylic acids is 1. The lowest BCUT2D eigenvalue weighted by atomic mass is 10.1. The summed E-state index contributed by atoms with van der Waals surface area (Å²) in [5.74, 6) is -1.47. The van der Waals surface area contributed by atoms with E-state index in [2.05, 4.69) is 5.32 Å². The summed E-state index contributed by atoms with van der Waals surface area (Å²) in [5.41, 5.74) is 0.286. The monoisotopic (exact) mass is 333 g/mol. The number of aliphatic hydroxyl groups is 1. The van der Waals surface area contributed by atoms with Gasteiger partial charge >= 0.3 is 0 Å². The SMILES string of the molecule is O=C(NCC1(CO)CC1)c1ccc(Oc2ccc(F)cc2F)cc1. The molecular weight excluding hydrogens is 316 g/mol. The second kappa shape index (κ2) is 6.57. The Morgan fingerprint density at radius 3 is 2.46 bits per heavy atom. The first kappa shape index (κ1) is 16.4. The van der Waals surface area contributed by atoms with Gasteiger partial charge in [0.2, 0.25) is 0 Å². The highest BCUT2D eigenvalue weighted by Gasteiger charge is 2.42. The highest BCUT2D eigenvalue weighted by Crippen LogP contribution is 2.44. The fourth-order valence-electron chi connectivity index (χ4n) is 2.30. The van der Waals surface area contributed by atoms with Crippen molar-refractivity contribution < 1.29 is 23.4 Å². The van der Waals surface area contributed by atoms with Crippen molar-refractivity contribution in [3.05, 3.63) is 59.7 Å². The smallest absolute Gasteiger partial charge is 0.251 e. The molecule has 0 unspecified atom stereocenters. The number of carbonyl (C=O) groups is 1. The van der Waals surface area contributed by atoms with Gasteiger partial charge < -0.3 is 15.2 Å². The van der Waals surface area contributed by atoms with Gasteiger partial charge in [-0.15, -0.1) is 0 Å². The fourth-order valence-corrected chi connectivity index (χ4v) is 2.30. The molecule has 1 fully saturated rings. The minimum absolute atomic E-state index is 0.0727. The molecule has 2 N–H and O–H groups in total. The van der Waals surface area contributed by atoms with Gasteiger partial charge in [0.1, 0.15) is 11.6 Å². The molecule has 0 atom stereocenters. The van der Waals surface area contributed by atoms with Gasteiger partial charge in [-0.25, -0.2) is 8.78 Å². The third-order valence-corrected chi connectivity index (χ3v) is 4.15. The van der Waals surface area contributed by atoms with E-state index in [9.17, 15) is 18.7 Å². The van der Waals surface area contributed by atoms with Crippen LogP contribution in [0, 0.1) is 17.0 Å². The van der Waals surface area contributed by atoms with Crippen molar-refractivity contribution >= 4 is 5.91 Å². The van der Waals surface area contributed by atoms with Gasteiger partial charge in [0.25, 0.3) is 5.91 Å². The molecule has 6 heteroatoms. The average Bonchev–Trinajstić information content (AvgIpc) is 3.36. The second-order valence-electron chi connectivity index (χ2n) is 6.04. The van der Waals surface area contributed by atoms with Crippen LogP contribution in [0.15, 0.2) is 42.5 Å². The van der Waals surface area contributed by atoms with E-state index in [1.54, 1.807) is 12.1 Å². The molecule has 2 aromatic carbocycles. The first-order valence-corrected chi connectivity index (χ1v) is 7.63. The van der Waals surface area contributed by atoms with E-state index >= 15 is 0 Å². The molecule has 0 spiro atoms. The van der Waals surface area contributed by atoms with E-state index in [0.717, 1.165) is 25.0 Å². The molecule has 1 aliphatic carbocycles. The Morgan fingerprint density at radius 1 is 1.17 bits per heavy atom. The Kier molecular flexibility index (Phi) is 4.49. The van der Waals surface area contributed by atoms with Gasteiger partial charge in [0.05, 0.1) is 6.61 Å². The summed E-state index contributed by atoms with van der Waals surface area (Å²) < 4.78 is 31.7. The van der Waals surface area contributed by atoms with Crippen LogP contribution in [0.25, 0.3) is 0 Å². The van der Waals surface area contributed by atoms with Crippen molar-refractivity contribution in [1.82, 2.24) is 5.32 Å². The Labute approximate surface area is 138 Å². The van der Waals surface area contributed by atoms with Crippen LogP contribution in [-0.4, -0.2) is 24.2 Å². The van der Waals surface area contributed by atoms with E-state index in [4.69, 9.17) is 4.74 Å². The van der Waals surface area contributed by atoms with Gasteiger partial charge in [-0.05, 0) is 49.2 Å².